The Hall–Kier alpha value is -3.60. The molecule has 1 aromatic heterocycles. The van der Waals surface area contributed by atoms with Crippen LogP contribution in [0, 0.1) is 24.4 Å². The van der Waals surface area contributed by atoms with Crippen molar-refractivity contribution in [3.8, 4) is 11.4 Å². The highest BCUT2D eigenvalue weighted by Gasteiger charge is 2.18. The molecule has 0 saturated carbocycles. The maximum Gasteiger partial charge on any atom is 0.303 e. The minimum atomic E-state index is -0.796. The molecule has 3 aromatic rings. The molecule has 34 heavy (non-hydrogen) atoms. The number of aromatic nitrogens is 1. The van der Waals surface area contributed by atoms with E-state index in [-0.39, 0.29) is 39.5 Å². The quantitative estimate of drug-likeness (QED) is 0.450. The van der Waals surface area contributed by atoms with Gasteiger partial charge in [0.25, 0.3) is 11.5 Å². The van der Waals surface area contributed by atoms with Crippen LogP contribution in [-0.4, -0.2) is 23.1 Å². The van der Waals surface area contributed by atoms with Crippen LogP contribution in [0.15, 0.2) is 51.7 Å². The summed E-state index contributed by atoms with van der Waals surface area (Å²) in [5, 5.41) is 2.45. The van der Waals surface area contributed by atoms with Crippen LogP contribution in [0.1, 0.15) is 18.2 Å². The second kappa shape index (κ2) is 10.6. The van der Waals surface area contributed by atoms with Gasteiger partial charge in [-0.3, -0.25) is 19.0 Å². The number of hydrogen-bond donors (Lipinski definition) is 1. The van der Waals surface area contributed by atoms with Crippen molar-refractivity contribution < 1.29 is 32.2 Å². The van der Waals surface area contributed by atoms with Crippen molar-refractivity contribution in [1.82, 2.24) is 4.57 Å². The summed E-state index contributed by atoms with van der Waals surface area (Å²) in [5.74, 6) is -3.46. The summed E-state index contributed by atoms with van der Waals surface area (Å²) in [6, 6.07) is 8.07. The molecule has 0 saturated heterocycles. The Kier molecular flexibility index (Phi) is 7.77. The van der Waals surface area contributed by atoms with Gasteiger partial charge in [0.15, 0.2) is 6.61 Å². The van der Waals surface area contributed by atoms with Crippen molar-refractivity contribution in [2.75, 3.05) is 11.9 Å². The fraction of sp³-hybridized carbons (Fsp3) is 0.174. The summed E-state index contributed by atoms with van der Waals surface area (Å²) in [6.45, 7) is 1.89. The van der Waals surface area contributed by atoms with Gasteiger partial charge in [0.2, 0.25) is 0 Å². The van der Waals surface area contributed by atoms with Gasteiger partial charge >= 0.3 is 5.97 Å². The van der Waals surface area contributed by atoms with Crippen molar-refractivity contribution in [2.45, 2.75) is 20.5 Å². The number of carbonyl (C=O) groups is 2. The lowest BCUT2D eigenvalue weighted by Gasteiger charge is -2.16. The highest BCUT2D eigenvalue weighted by molar-refractivity contribution is 9.10. The van der Waals surface area contributed by atoms with E-state index in [4.69, 9.17) is 4.74 Å². The molecule has 0 fully saturated rings. The van der Waals surface area contributed by atoms with E-state index in [1.165, 1.54) is 31.2 Å². The summed E-state index contributed by atoms with van der Waals surface area (Å²) >= 11 is 3.13. The standard InChI is InChI=1S/C23H18BrF3N2O5/c1-12-7-20(34-10-14-3-4-15(25)8-18(14)27)22(24)23(32)29(12)19-9-16(5-6-17(19)26)28-21(31)11-33-13(2)30/h3-9H,10-11H2,1-2H3,(H,28,31). The normalized spacial score (nSPS) is 10.6. The fourth-order valence-electron chi connectivity index (χ4n) is 3.01. The monoisotopic (exact) mass is 538 g/mol. The van der Waals surface area contributed by atoms with Gasteiger partial charge in [0.1, 0.15) is 34.3 Å². The molecular weight excluding hydrogens is 521 g/mol. The van der Waals surface area contributed by atoms with Gasteiger partial charge in [0, 0.05) is 36.0 Å². The van der Waals surface area contributed by atoms with Crippen LogP contribution < -0.4 is 15.6 Å². The minimum absolute atomic E-state index is 0.0516. The zero-order valence-electron chi connectivity index (χ0n) is 18.0. The Morgan fingerprint density at radius 1 is 1.06 bits per heavy atom. The van der Waals surface area contributed by atoms with E-state index < -0.39 is 41.5 Å². The van der Waals surface area contributed by atoms with E-state index in [2.05, 4.69) is 26.0 Å². The molecule has 0 spiro atoms. The molecule has 1 amide bonds. The molecular formula is C23H18BrF3N2O5. The van der Waals surface area contributed by atoms with Crippen molar-refractivity contribution in [3.63, 3.8) is 0 Å². The number of benzene rings is 2. The molecule has 0 bridgehead atoms. The number of rotatable bonds is 7. The van der Waals surface area contributed by atoms with Gasteiger partial charge in [-0.15, -0.1) is 0 Å². The second-order valence-corrected chi connectivity index (χ2v) is 7.92. The zero-order chi connectivity index (χ0) is 25.0. The minimum Gasteiger partial charge on any atom is -0.487 e. The number of esters is 1. The molecule has 0 aliphatic heterocycles. The van der Waals surface area contributed by atoms with Crippen LogP contribution in [0.4, 0.5) is 18.9 Å². The molecule has 11 heteroatoms. The van der Waals surface area contributed by atoms with Gasteiger partial charge in [0.05, 0.1) is 5.69 Å². The van der Waals surface area contributed by atoms with Crippen LogP contribution in [-0.2, 0) is 20.9 Å². The van der Waals surface area contributed by atoms with E-state index in [1.807, 2.05) is 0 Å². The van der Waals surface area contributed by atoms with Gasteiger partial charge in [-0.2, -0.15) is 0 Å². The third kappa shape index (κ3) is 5.84. The lowest BCUT2D eigenvalue weighted by atomic mass is 10.2. The smallest absolute Gasteiger partial charge is 0.303 e. The van der Waals surface area contributed by atoms with Crippen molar-refractivity contribution in [1.29, 1.82) is 0 Å². The number of anilines is 1. The number of nitrogens with zero attached hydrogens (tertiary/aromatic N) is 1. The Bertz CT molecular complexity index is 1330. The number of halogens is 4. The number of pyridine rings is 1. The first-order chi connectivity index (χ1) is 16.1. The lowest BCUT2D eigenvalue weighted by molar-refractivity contribution is -0.144. The highest BCUT2D eigenvalue weighted by atomic mass is 79.9. The summed E-state index contributed by atoms with van der Waals surface area (Å²) in [4.78, 5) is 35.7. The third-order valence-electron chi connectivity index (χ3n) is 4.58. The van der Waals surface area contributed by atoms with E-state index in [0.29, 0.717) is 0 Å². The van der Waals surface area contributed by atoms with Crippen LogP contribution >= 0.6 is 15.9 Å². The third-order valence-corrected chi connectivity index (χ3v) is 5.31. The first-order valence-corrected chi connectivity index (χ1v) is 10.6. The Morgan fingerprint density at radius 2 is 1.79 bits per heavy atom. The SMILES string of the molecule is CC(=O)OCC(=O)Nc1ccc(F)c(-n2c(C)cc(OCc3ccc(F)cc3F)c(Br)c2=O)c1. The number of hydrogen-bond acceptors (Lipinski definition) is 5. The average molecular weight is 539 g/mol. The maximum absolute atomic E-state index is 14.6. The van der Waals surface area contributed by atoms with E-state index in [1.54, 1.807) is 0 Å². The average Bonchev–Trinajstić information content (AvgIpc) is 2.77. The van der Waals surface area contributed by atoms with E-state index >= 15 is 0 Å². The molecule has 178 valence electrons. The Morgan fingerprint density at radius 3 is 2.47 bits per heavy atom. The first kappa shape index (κ1) is 25.0. The molecule has 1 heterocycles. The van der Waals surface area contributed by atoms with Crippen molar-refractivity contribution in [2.24, 2.45) is 0 Å². The molecule has 2 aromatic carbocycles. The number of amides is 1. The predicted octanol–water partition coefficient (Wildman–Crippen LogP) is 4.41. The Balaban J connectivity index is 1.89. The van der Waals surface area contributed by atoms with E-state index in [0.717, 1.165) is 29.7 Å². The van der Waals surface area contributed by atoms with Crippen molar-refractivity contribution in [3.05, 3.63) is 86.0 Å². The van der Waals surface area contributed by atoms with Gasteiger partial charge in [-0.25, -0.2) is 13.2 Å². The molecule has 0 unspecified atom stereocenters. The summed E-state index contributed by atoms with van der Waals surface area (Å²) in [7, 11) is 0. The topological polar surface area (TPSA) is 86.6 Å². The number of nitrogens with one attached hydrogen (secondary N) is 1. The Labute approximate surface area is 200 Å². The zero-order valence-corrected chi connectivity index (χ0v) is 19.5. The van der Waals surface area contributed by atoms with Crippen LogP contribution in [0.5, 0.6) is 5.75 Å². The second-order valence-electron chi connectivity index (χ2n) is 7.12. The van der Waals surface area contributed by atoms with Crippen LogP contribution in [0.25, 0.3) is 5.69 Å². The maximum atomic E-state index is 14.6. The summed E-state index contributed by atoms with van der Waals surface area (Å²) in [6.07, 6.45) is 0. The summed E-state index contributed by atoms with van der Waals surface area (Å²) < 4.78 is 52.7. The number of ether oxygens (including phenoxy) is 2. The summed E-state index contributed by atoms with van der Waals surface area (Å²) in [5.41, 5.74) is -0.284. The molecule has 0 aliphatic carbocycles. The van der Waals surface area contributed by atoms with Gasteiger partial charge < -0.3 is 14.8 Å². The molecule has 0 aliphatic rings. The molecule has 0 atom stereocenters. The molecule has 0 radical (unpaired) electrons. The largest absolute Gasteiger partial charge is 0.487 e. The number of carbonyl (C=O) groups excluding carboxylic acids is 2. The lowest BCUT2D eigenvalue weighted by Crippen LogP contribution is -2.24. The molecule has 7 nitrogen and oxygen atoms in total. The van der Waals surface area contributed by atoms with Crippen molar-refractivity contribution >= 4 is 33.5 Å². The molecule has 1 N–H and O–H groups in total. The van der Waals surface area contributed by atoms with Crippen LogP contribution in [0.2, 0.25) is 0 Å². The highest BCUT2D eigenvalue weighted by Crippen LogP contribution is 2.27. The van der Waals surface area contributed by atoms with E-state index in [9.17, 15) is 27.6 Å². The van der Waals surface area contributed by atoms with Gasteiger partial charge in [-0.1, -0.05) is 0 Å². The first-order valence-electron chi connectivity index (χ1n) is 9.79. The van der Waals surface area contributed by atoms with Crippen LogP contribution in [0.3, 0.4) is 0 Å². The molecule has 3 rings (SSSR count). The van der Waals surface area contributed by atoms with Gasteiger partial charge in [-0.05, 0) is 53.2 Å². The predicted molar refractivity (Wildman–Crippen MR) is 120 cm³/mol. The fourth-order valence-corrected chi connectivity index (χ4v) is 3.41. The number of aryl methyl sites for hydroxylation is 1.